The first-order valence-corrected chi connectivity index (χ1v) is 11.7. The Bertz CT molecular complexity index is 1040. The molecule has 162 valence electrons. The summed E-state index contributed by atoms with van der Waals surface area (Å²) in [4.78, 5) is 14.3. The van der Waals surface area contributed by atoms with Gasteiger partial charge in [-0.3, -0.25) is 4.79 Å². The van der Waals surface area contributed by atoms with Gasteiger partial charge in [0.25, 0.3) is 5.91 Å². The van der Waals surface area contributed by atoms with Gasteiger partial charge in [-0.25, -0.2) is 8.42 Å². The van der Waals surface area contributed by atoms with Crippen LogP contribution in [0.25, 0.3) is 0 Å². The lowest BCUT2D eigenvalue weighted by Gasteiger charge is -2.34. The Labute approximate surface area is 187 Å². The minimum atomic E-state index is -3.88. The van der Waals surface area contributed by atoms with E-state index in [9.17, 15) is 13.2 Å². The third-order valence-electron chi connectivity index (χ3n) is 4.89. The second-order valence-corrected chi connectivity index (χ2v) is 10.2. The molecule has 0 spiro atoms. The molecule has 0 aromatic heterocycles. The van der Waals surface area contributed by atoms with E-state index in [-0.39, 0.29) is 46.7 Å². The molecule has 2 aromatic rings. The largest absolute Gasteiger partial charge is 0.373 e. The fourth-order valence-corrected chi connectivity index (χ4v) is 5.76. The molecule has 1 amide bonds. The van der Waals surface area contributed by atoms with Crippen molar-refractivity contribution in [1.29, 1.82) is 0 Å². The maximum Gasteiger partial charge on any atom is 0.253 e. The van der Waals surface area contributed by atoms with Crippen LogP contribution >= 0.6 is 23.2 Å². The first-order valence-electron chi connectivity index (χ1n) is 9.53. The number of nitrogens with zero attached hydrogens (tertiary/aromatic N) is 2. The van der Waals surface area contributed by atoms with Gasteiger partial charge in [0.2, 0.25) is 10.0 Å². The standard InChI is InChI=1S/C21H24Cl2N2O4S/c1-14-11-25(12-15(2)29-14)30(27,28)20-10-16(8-9-19(20)23)21(26)24(3)13-17-6-4-5-7-18(17)22/h4-10,14-15H,11-13H2,1-3H3. The summed E-state index contributed by atoms with van der Waals surface area (Å²) in [5, 5.41) is 0.638. The van der Waals surface area contributed by atoms with Gasteiger partial charge >= 0.3 is 0 Å². The molecular weight excluding hydrogens is 447 g/mol. The van der Waals surface area contributed by atoms with Gasteiger partial charge in [0.15, 0.2) is 0 Å². The van der Waals surface area contributed by atoms with Crippen LogP contribution in [0.5, 0.6) is 0 Å². The molecule has 30 heavy (non-hydrogen) atoms. The first-order chi connectivity index (χ1) is 14.1. The average molecular weight is 471 g/mol. The zero-order chi connectivity index (χ0) is 22.1. The third kappa shape index (κ3) is 4.98. The molecule has 0 bridgehead atoms. The molecule has 0 aliphatic carbocycles. The molecule has 0 N–H and O–H groups in total. The Morgan fingerprint density at radius 1 is 1.10 bits per heavy atom. The predicted octanol–water partition coefficient (Wildman–Crippen LogP) is 4.06. The van der Waals surface area contributed by atoms with E-state index in [1.54, 1.807) is 13.1 Å². The molecule has 3 rings (SSSR count). The summed E-state index contributed by atoms with van der Waals surface area (Å²) in [6.45, 7) is 4.40. The van der Waals surface area contributed by atoms with Crippen LogP contribution < -0.4 is 0 Å². The fourth-order valence-electron chi connectivity index (χ4n) is 3.47. The lowest BCUT2D eigenvalue weighted by Crippen LogP contribution is -2.48. The third-order valence-corrected chi connectivity index (χ3v) is 7.58. The van der Waals surface area contributed by atoms with E-state index in [1.165, 1.54) is 27.4 Å². The zero-order valence-corrected chi connectivity index (χ0v) is 19.3. The predicted molar refractivity (Wildman–Crippen MR) is 117 cm³/mol. The van der Waals surface area contributed by atoms with Gasteiger partial charge in [-0.2, -0.15) is 4.31 Å². The smallest absolute Gasteiger partial charge is 0.253 e. The van der Waals surface area contributed by atoms with Crippen molar-refractivity contribution in [2.45, 2.75) is 37.5 Å². The summed E-state index contributed by atoms with van der Waals surface area (Å²) in [5.41, 5.74) is 1.04. The van der Waals surface area contributed by atoms with E-state index in [0.717, 1.165) is 5.56 Å². The number of benzene rings is 2. The highest BCUT2D eigenvalue weighted by Crippen LogP contribution is 2.28. The molecule has 1 fully saturated rings. The van der Waals surface area contributed by atoms with E-state index >= 15 is 0 Å². The summed E-state index contributed by atoms with van der Waals surface area (Å²) in [5.74, 6) is -0.327. The number of halogens is 2. The quantitative estimate of drug-likeness (QED) is 0.660. The molecule has 1 aliphatic rings. The molecule has 2 aromatic carbocycles. The van der Waals surface area contributed by atoms with Crippen molar-refractivity contribution in [1.82, 2.24) is 9.21 Å². The fraction of sp³-hybridized carbons (Fsp3) is 0.381. The number of rotatable bonds is 5. The van der Waals surface area contributed by atoms with Gasteiger partial charge < -0.3 is 9.64 Å². The summed E-state index contributed by atoms with van der Waals surface area (Å²) in [6.07, 6.45) is -0.456. The van der Waals surface area contributed by atoms with E-state index in [2.05, 4.69) is 0 Å². The van der Waals surface area contributed by atoms with Crippen LogP contribution in [0.3, 0.4) is 0 Å². The summed E-state index contributed by atoms with van der Waals surface area (Å²) < 4.78 is 33.4. The van der Waals surface area contributed by atoms with Crippen LogP contribution in [0.4, 0.5) is 0 Å². The zero-order valence-electron chi connectivity index (χ0n) is 17.0. The number of hydrogen-bond acceptors (Lipinski definition) is 4. The van der Waals surface area contributed by atoms with Gasteiger partial charge in [-0.1, -0.05) is 41.4 Å². The van der Waals surface area contributed by atoms with E-state index in [0.29, 0.717) is 11.6 Å². The lowest BCUT2D eigenvalue weighted by molar-refractivity contribution is -0.0440. The first kappa shape index (κ1) is 23.0. The minimum Gasteiger partial charge on any atom is -0.373 e. The Hall–Kier alpha value is -1.64. The summed E-state index contributed by atoms with van der Waals surface area (Å²) in [7, 11) is -2.24. The van der Waals surface area contributed by atoms with Gasteiger partial charge in [-0.05, 0) is 43.7 Å². The topological polar surface area (TPSA) is 66.9 Å². The van der Waals surface area contributed by atoms with Gasteiger partial charge in [0.1, 0.15) is 4.90 Å². The van der Waals surface area contributed by atoms with E-state index in [4.69, 9.17) is 27.9 Å². The number of amides is 1. The highest BCUT2D eigenvalue weighted by Gasteiger charge is 2.34. The van der Waals surface area contributed by atoms with Crippen molar-refractivity contribution in [3.8, 4) is 0 Å². The molecule has 0 saturated carbocycles. The molecule has 6 nitrogen and oxygen atoms in total. The highest BCUT2D eigenvalue weighted by molar-refractivity contribution is 7.89. The van der Waals surface area contributed by atoms with Crippen molar-refractivity contribution < 1.29 is 17.9 Å². The molecule has 9 heteroatoms. The van der Waals surface area contributed by atoms with Gasteiger partial charge in [0.05, 0.1) is 17.2 Å². The molecular formula is C21H24Cl2N2O4S. The maximum absolute atomic E-state index is 13.2. The van der Waals surface area contributed by atoms with Crippen LogP contribution in [0, 0.1) is 0 Å². The van der Waals surface area contributed by atoms with Gasteiger partial charge in [0, 0.05) is 37.3 Å². The van der Waals surface area contributed by atoms with Crippen molar-refractivity contribution in [3.63, 3.8) is 0 Å². The Morgan fingerprint density at radius 3 is 2.37 bits per heavy atom. The van der Waals surface area contributed by atoms with E-state index < -0.39 is 10.0 Å². The maximum atomic E-state index is 13.2. The van der Waals surface area contributed by atoms with Crippen LogP contribution in [0.2, 0.25) is 10.0 Å². The normalized spacial score (nSPS) is 20.2. The van der Waals surface area contributed by atoms with Crippen LogP contribution in [-0.2, 0) is 21.3 Å². The number of carbonyl (C=O) groups is 1. The molecule has 1 saturated heterocycles. The molecule has 1 aliphatic heterocycles. The van der Waals surface area contributed by atoms with Crippen molar-refractivity contribution in [3.05, 3.63) is 63.6 Å². The van der Waals surface area contributed by atoms with Crippen LogP contribution in [0.1, 0.15) is 29.8 Å². The minimum absolute atomic E-state index is 0.0760. The van der Waals surface area contributed by atoms with Crippen molar-refractivity contribution >= 4 is 39.1 Å². The second-order valence-electron chi connectivity index (χ2n) is 7.48. The monoisotopic (exact) mass is 470 g/mol. The Kier molecular flexibility index (Phi) is 7.09. The average Bonchev–Trinajstić information content (AvgIpc) is 2.68. The Balaban J connectivity index is 1.87. The SMILES string of the molecule is CC1CN(S(=O)(=O)c2cc(C(=O)N(C)Cc3ccccc3Cl)ccc2Cl)CC(C)O1. The van der Waals surface area contributed by atoms with E-state index in [1.807, 2.05) is 32.0 Å². The lowest BCUT2D eigenvalue weighted by atomic mass is 10.1. The molecule has 0 radical (unpaired) electrons. The summed E-state index contributed by atoms with van der Waals surface area (Å²) in [6, 6.07) is 11.6. The number of hydrogen-bond donors (Lipinski definition) is 0. The number of ether oxygens (including phenoxy) is 1. The van der Waals surface area contributed by atoms with Crippen molar-refractivity contribution in [2.75, 3.05) is 20.1 Å². The highest BCUT2D eigenvalue weighted by atomic mass is 35.5. The number of carbonyl (C=O) groups excluding carboxylic acids is 1. The van der Waals surface area contributed by atoms with Crippen LogP contribution in [-0.4, -0.2) is 55.9 Å². The molecule has 1 heterocycles. The summed E-state index contributed by atoms with van der Waals surface area (Å²) >= 11 is 12.4. The molecule has 2 unspecified atom stereocenters. The number of morpholine rings is 1. The Morgan fingerprint density at radius 2 is 1.73 bits per heavy atom. The van der Waals surface area contributed by atoms with Crippen LogP contribution in [0.15, 0.2) is 47.4 Å². The second kappa shape index (κ2) is 9.24. The number of sulfonamides is 1. The van der Waals surface area contributed by atoms with Crippen molar-refractivity contribution in [2.24, 2.45) is 0 Å². The molecule has 2 atom stereocenters. The van der Waals surface area contributed by atoms with Gasteiger partial charge in [-0.15, -0.1) is 0 Å².